The highest BCUT2D eigenvalue weighted by molar-refractivity contribution is 9.10. The maximum absolute atomic E-state index is 5.31. The van der Waals surface area contributed by atoms with E-state index in [9.17, 15) is 0 Å². The molecule has 0 aliphatic carbocycles. The summed E-state index contributed by atoms with van der Waals surface area (Å²) < 4.78 is 6.42. The highest BCUT2D eigenvalue weighted by Gasteiger charge is 2.17. The van der Waals surface area contributed by atoms with Crippen molar-refractivity contribution in [3.8, 4) is 5.75 Å². The number of thiazole rings is 1. The van der Waals surface area contributed by atoms with E-state index in [2.05, 4.69) is 46.1 Å². The van der Waals surface area contributed by atoms with Crippen LogP contribution in [0, 0.1) is 13.8 Å². The Bertz CT molecular complexity index is 598. The molecule has 1 unspecified atom stereocenters. The average molecular weight is 355 g/mol. The van der Waals surface area contributed by atoms with Gasteiger partial charge in [-0.1, -0.05) is 15.9 Å². The molecular weight excluding hydrogens is 336 g/mol. The highest BCUT2D eigenvalue weighted by Crippen LogP contribution is 2.31. The molecule has 108 valence electrons. The lowest BCUT2D eigenvalue weighted by molar-refractivity contribution is 0.414. The molecule has 1 N–H and O–H groups in total. The fraction of sp³-hybridized carbons (Fsp3) is 0.400. The van der Waals surface area contributed by atoms with E-state index in [0.29, 0.717) is 0 Å². The number of benzene rings is 1. The van der Waals surface area contributed by atoms with Crippen LogP contribution in [0.3, 0.4) is 0 Å². The molecule has 3 nitrogen and oxygen atoms in total. The second-order valence-electron chi connectivity index (χ2n) is 4.69. The van der Waals surface area contributed by atoms with Gasteiger partial charge in [0.05, 0.1) is 17.8 Å². The van der Waals surface area contributed by atoms with E-state index >= 15 is 0 Å². The van der Waals surface area contributed by atoms with Gasteiger partial charge in [-0.3, -0.25) is 0 Å². The summed E-state index contributed by atoms with van der Waals surface area (Å²) in [5.74, 6) is 0.885. The van der Waals surface area contributed by atoms with Crippen LogP contribution >= 0.6 is 27.3 Å². The molecule has 0 aliphatic heterocycles. The molecule has 0 saturated carbocycles. The molecule has 0 fully saturated rings. The van der Waals surface area contributed by atoms with Crippen molar-refractivity contribution in [1.82, 2.24) is 10.3 Å². The van der Waals surface area contributed by atoms with Gasteiger partial charge in [0.15, 0.2) is 0 Å². The number of hydrogen-bond donors (Lipinski definition) is 1. The first-order chi connectivity index (χ1) is 9.55. The van der Waals surface area contributed by atoms with Crippen LogP contribution in [0.1, 0.15) is 27.2 Å². The predicted octanol–water partition coefficient (Wildman–Crippen LogP) is 4.03. The molecule has 0 amide bonds. The van der Waals surface area contributed by atoms with Gasteiger partial charge in [0, 0.05) is 15.4 Å². The Morgan fingerprint density at radius 3 is 2.70 bits per heavy atom. The molecule has 0 saturated heterocycles. The van der Waals surface area contributed by atoms with Crippen LogP contribution in [0.5, 0.6) is 5.75 Å². The standard InChI is InChI=1S/C15H19BrN2OS/c1-9-15(20-10(2)18-9)14(17-3)8-11-7-12(19-4)5-6-13(11)16/h5-7,14,17H,8H2,1-4H3. The molecule has 1 aromatic heterocycles. The number of ether oxygens (including phenoxy) is 1. The third-order valence-electron chi connectivity index (χ3n) is 3.28. The summed E-state index contributed by atoms with van der Waals surface area (Å²) in [4.78, 5) is 5.83. The normalized spacial score (nSPS) is 12.4. The molecule has 2 aromatic rings. The Balaban J connectivity index is 2.28. The summed E-state index contributed by atoms with van der Waals surface area (Å²) in [6, 6.07) is 6.34. The summed E-state index contributed by atoms with van der Waals surface area (Å²) >= 11 is 5.38. The Kier molecular flexibility index (Phi) is 5.18. The molecular formula is C15H19BrN2OS. The van der Waals surface area contributed by atoms with Crippen molar-refractivity contribution < 1.29 is 4.74 Å². The highest BCUT2D eigenvalue weighted by atomic mass is 79.9. The van der Waals surface area contributed by atoms with Crippen LogP contribution in [-0.4, -0.2) is 19.1 Å². The first-order valence-corrected chi connectivity index (χ1v) is 8.09. The van der Waals surface area contributed by atoms with Crippen molar-refractivity contribution in [2.45, 2.75) is 26.3 Å². The minimum Gasteiger partial charge on any atom is -0.497 e. The molecule has 0 bridgehead atoms. The molecule has 1 heterocycles. The minimum absolute atomic E-state index is 0.268. The Morgan fingerprint density at radius 1 is 1.40 bits per heavy atom. The lowest BCUT2D eigenvalue weighted by atomic mass is 10.0. The first kappa shape index (κ1) is 15.5. The van der Waals surface area contributed by atoms with Crippen molar-refractivity contribution in [1.29, 1.82) is 0 Å². The van der Waals surface area contributed by atoms with E-state index in [1.165, 1.54) is 10.4 Å². The molecule has 0 spiro atoms. The number of aromatic nitrogens is 1. The monoisotopic (exact) mass is 354 g/mol. The lowest BCUT2D eigenvalue weighted by Gasteiger charge is -2.17. The van der Waals surface area contributed by atoms with Crippen molar-refractivity contribution in [2.24, 2.45) is 0 Å². The molecule has 2 rings (SSSR count). The fourth-order valence-corrected chi connectivity index (χ4v) is 3.70. The third-order valence-corrected chi connectivity index (χ3v) is 5.24. The number of methoxy groups -OCH3 is 1. The number of halogens is 1. The molecule has 5 heteroatoms. The van der Waals surface area contributed by atoms with Crippen molar-refractivity contribution in [3.05, 3.63) is 43.8 Å². The largest absolute Gasteiger partial charge is 0.497 e. The van der Waals surface area contributed by atoms with Crippen molar-refractivity contribution >= 4 is 27.3 Å². The van der Waals surface area contributed by atoms with Gasteiger partial charge in [-0.25, -0.2) is 4.98 Å². The van der Waals surface area contributed by atoms with E-state index in [1.807, 2.05) is 19.2 Å². The SMILES string of the molecule is CNC(Cc1cc(OC)ccc1Br)c1sc(C)nc1C. The summed E-state index contributed by atoms with van der Waals surface area (Å²) in [7, 11) is 3.69. The topological polar surface area (TPSA) is 34.1 Å². The third kappa shape index (κ3) is 3.40. The van der Waals surface area contributed by atoms with E-state index in [4.69, 9.17) is 4.74 Å². The lowest BCUT2D eigenvalue weighted by Crippen LogP contribution is -2.18. The average Bonchev–Trinajstić information content (AvgIpc) is 2.76. The predicted molar refractivity (Wildman–Crippen MR) is 87.8 cm³/mol. The fourth-order valence-electron chi connectivity index (χ4n) is 2.25. The summed E-state index contributed by atoms with van der Waals surface area (Å²) in [6.45, 7) is 4.12. The van der Waals surface area contributed by atoms with Crippen molar-refractivity contribution in [3.63, 3.8) is 0 Å². The van der Waals surface area contributed by atoms with Gasteiger partial charge >= 0.3 is 0 Å². The maximum atomic E-state index is 5.31. The molecule has 1 atom stereocenters. The van der Waals surface area contributed by atoms with Crippen molar-refractivity contribution in [2.75, 3.05) is 14.2 Å². The minimum atomic E-state index is 0.268. The van der Waals surface area contributed by atoms with Gasteiger partial charge < -0.3 is 10.1 Å². The van der Waals surface area contributed by atoms with Gasteiger partial charge in [-0.2, -0.15) is 0 Å². The van der Waals surface area contributed by atoms with Crippen LogP contribution in [-0.2, 0) is 6.42 Å². The van der Waals surface area contributed by atoms with Crippen LogP contribution in [0.15, 0.2) is 22.7 Å². The maximum Gasteiger partial charge on any atom is 0.119 e. The second-order valence-corrected chi connectivity index (χ2v) is 6.77. The number of aryl methyl sites for hydroxylation is 2. The van der Waals surface area contributed by atoms with E-state index in [1.54, 1.807) is 18.4 Å². The Morgan fingerprint density at radius 2 is 2.15 bits per heavy atom. The summed E-state index contributed by atoms with van der Waals surface area (Å²) in [6.07, 6.45) is 0.900. The number of nitrogens with one attached hydrogen (secondary N) is 1. The molecule has 20 heavy (non-hydrogen) atoms. The van der Waals surface area contributed by atoms with Crippen LogP contribution in [0.25, 0.3) is 0 Å². The summed E-state index contributed by atoms with van der Waals surface area (Å²) in [5, 5.41) is 4.51. The second kappa shape index (κ2) is 6.70. The van der Waals surface area contributed by atoms with Crippen LogP contribution in [0.4, 0.5) is 0 Å². The Hall–Kier alpha value is -0.910. The number of nitrogens with zero attached hydrogens (tertiary/aromatic N) is 1. The Labute approximate surface area is 132 Å². The molecule has 1 aromatic carbocycles. The van der Waals surface area contributed by atoms with Gasteiger partial charge in [0.1, 0.15) is 5.75 Å². The smallest absolute Gasteiger partial charge is 0.119 e. The first-order valence-electron chi connectivity index (χ1n) is 6.48. The number of hydrogen-bond acceptors (Lipinski definition) is 4. The van der Waals surface area contributed by atoms with E-state index < -0.39 is 0 Å². The van der Waals surface area contributed by atoms with Crippen LogP contribution in [0.2, 0.25) is 0 Å². The number of rotatable bonds is 5. The van der Waals surface area contributed by atoms with E-state index in [-0.39, 0.29) is 6.04 Å². The van der Waals surface area contributed by atoms with Crippen LogP contribution < -0.4 is 10.1 Å². The molecule has 0 radical (unpaired) electrons. The zero-order valence-corrected chi connectivity index (χ0v) is 14.6. The zero-order valence-electron chi connectivity index (χ0n) is 12.2. The van der Waals surface area contributed by atoms with E-state index in [0.717, 1.165) is 27.3 Å². The van der Waals surface area contributed by atoms with Gasteiger partial charge in [-0.05, 0) is 51.1 Å². The zero-order chi connectivity index (χ0) is 14.7. The van der Waals surface area contributed by atoms with Gasteiger partial charge in [0.2, 0.25) is 0 Å². The summed E-state index contributed by atoms with van der Waals surface area (Å²) in [5.41, 5.74) is 2.35. The number of likely N-dealkylation sites (N-methyl/N-ethyl adjacent to an activating group) is 1. The quantitative estimate of drug-likeness (QED) is 0.879. The molecule has 0 aliphatic rings. The van der Waals surface area contributed by atoms with Gasteiger partial charge in [0.25, 0.3) is 0 Å². The van der Waals surface area contributed by atoms with Gasteiger partial charge in [-0.15, -0.1) is 11.3 Å².